The number of halogens is 3. The first-order valence-corrected chi connectivity index (χ1v) is 6.42. The molecule has 7 heteroatoms. The summed E-state index contributed by atoms with van der Waals surface area (Å²) in [7, 11) is 4.50. The van der Waals surface area contributed by atoms with Gasteiger partial charge in [-0.15, -0.1) is 0 Å². The quantitative estimate of drug-likeness (QED) is 0.841. The highest BCUT2D eigenvalue weighted by Crippen LogP contribution is 2.30. The highest BCUT2D eigenvalue weighted by Gasteiger charge is 2.27. The molecule has 0 radical (unpaired) electrons. The van der Waals surface area contributed by atoms with Gasteiger partial charge in [0.2, 0.25) is 0 Å². The minimum atomic E-state index is -4.20. The third-order valence-corrected chi connectivity index (χ3v) is 3.06. The lowest BCUT2D eigenvalue weighted by molar-refractivity contribution is -0.137. The molecule has 0 fully saturated rings. The second-order valence-electron chi connectivity index (χ2n) is 4.75. The van der Waals surface area contributed by atoms with E-state index < -0.39 is 18.7 Å². The molecule has 0 aliphatic heterocycles. The van der Waals surface area contributed by atoms with E-state index in [-0.39, 0.29) is 13.1 Å². The molecule has 0 spiro atoms. The van der Waals surface area contributed by atoms with E-state index in [0.717, 1.165) is 0 Å². The Morgan fingerprint density at radius 3 is 2.43 bits per heavy atom. The summed E-state index contributed by atoms with van der Waals surface area (Å²) in [6.45, 7) is -0.0855. The van der Waals surface area contributed by atoms with Crippen molar-refractivity contribution in [2.45, 2.75) is 18.7 Å². The Morgan fingerprint density at radius 1 is 1.24 bits per heavy atom. The van der Waals surface area contributed by atoms with Gasteiger partial charge in [0.05, 0.1) is 26.7 Å². The minimum Gasteiger partial charge on any atom is -0.497 e. The van der Waals surface area contributed by atoms with Gasteiger partial charge >= 0.3 is 6.18 Å². The Labute approximate surface area is 122 Å². The fourth-order valence-corrected chi connectivity index (χ4v) is 1.90. The number of hydrogen-bond acceptors (Lipinski definition) is 4. The van der Waals surface area contributed by atoms with E-state index in [1.807, 2.05) is 0 Å². The van der Waals surface area contributed by atoms with Gasteiger partial charge in [-0.05, 0) is 19.2 Å². The third-order valence-electron chi connectivity index (χ3n) is 3.06. The van der Waals surface area contributed by atoms with E-state index >= 15 is 0 Å². The van der Waals surface area contributed by atoms with Gasteiger partial charge < -0.3 is 19.5 Å². The highest BCUT2D eigenvalue weighted by atomic mass is 19.4. The minimum absolute atomic E-state index is 0.0821. The molecule has 0 heterocycles. The monoisotopic (exact) mass is 307 g/mol. The van der Waals surface area contributed by atoms with Crippen LogP contribution in [-0.2, 0) is 0 Å². The Balaban J connectivity index is 2.68. The van der Waals surface area contributed by atoms with Crippen LogP contribution in [0.4, 0.5) is 13.2 Å². The molecule has 21 heavy (non-hydrogen) atoms. The average molecular weight is 307 g/mol. The zero-order chi connectivity index (χ0) is 16.0. The predicted octanol–water partition coefficient (Wildman–Crippen LogP) is 2.62. The molecule has 0 aliphatic carbocycles. The van der Waals surface area contributed by atoms with Gasteiger partial charge in [-0.2, -0.15) is 13.2 Å². The van der Waals surface area contributed by atoms with Crippen molar-refractivity contribution in [3.8, 4) is 11.5 Å². The first-order chi connectivity index (χ1) is 9.76. The lowest BCUT2D eigenvalue weighted by atomic mass is 10.1. The molecule has 1 atom stereocenters. The number of alkyl halides is 3. The Bertz CT molecular complexity index is 452. The number of methoxy groups -OCH3 is 2. The molecule has 0 aliphatic rings. The highest BCUT2D eigenvalue weighted by molar-refractivity contribution is 5.42. The Hall–Kier alpha value is -1.47. The molecule has 1 rings (SSSR count). The zero-order valence-electron chi connectivity index (χ0n) is 12.3. The van der Waals surface area contributed by atoms with Crippen molar-refractivity contribution in [3.05, 3.63) is 23.8 Å². The molecule has 0 aromatic heterocycles. The first kappa shape index (κ1) is 17.6. The molecule has 1 unspecified atom stereocenters. The summed E-state index contributed by atoms with van der Waals surface area (Å²) < 4.78 is 46.7. The van der Waals surface area contributed by atoms with Crippen molar-refractivity contribution in [3.63, 3.8) is 0 Å². The van der Waals surface area contributed by atoms with Crippen LogP contribution in [0.25, 0.3) is 0 Å². The molecule has 0 saturated heterocycles. The molecule has 1 N–H and O–H groups in total. The number of benzene rings is 1. The van der Waals surface area contributed by atoms with E-state index in [9.17, 15) is 18.3 Å². The summed E-state index contributed by atoms with van der Waals surface area (Å²) in [5.74, 6) is 1.01. The van der Waals surface area contributed by atoms with E-state index in [1.54, 1.807) is 18.2 Å². The van der Waals surface area contributed by atoms with E-state index in [4.69, 9.17) is 9.47 Å². The number of hydrogen-bond donors (Lipinski definition) is 1. The van der Waals surface area contributed by atoms with Crippen molar-refractivity contribution in [2.75, 3.05) is 34.4 Å². The lowest BCUT2D eigenvalue weighted by Crippen LogP contribution is -2.28. The molecular weight excluding hydrogens is 287 g/mol. The smallest absolute Gasteiger partial charge is 0.390 e. The topological polar surface area (TPSA) is 41.9 Å². The van der Waals surface area contributed by atoms with Crippen LogP contribution in [-0.4, -0.2) is 50.5 Å². The fraction of sp³-hybridized carbons (Fsp3) is 0.571. The number of aliphatic hydroxyl groups is 1. The maximum atomic E-state index is 12.2. The van der Waals surface area contributed by atoms with Crippen LogP contribution < -0.4 is 9.47 Å². The molecule has 4 nitrogen and oxygen atoms in total. The van der Waals surface area contributed by atoms with Crippen LogP contribution in [0.5, 0.6) is 11.5 Å². The van der Waals surface area contributed by atoms with Crippen LogP contribution in [0.15, 0.2) is 18.2 Å². The van der Waals surface area contributed by atoms with Gasteiger partial charge in [-0.3, -0.25) is 0 Å². The summed E-state index contributed by atoms with van der Waals surface area (Å²) in [6, 6.07) is 4.92. The zero-order valence-corrected chi connectivity index (χ0v) is 12.3. The molecule has 1 aromatic rings. The lowest BCUT2D eigenvalue weighted by Gasteiger charge is -2.22. The van der Waals surface area contributed by atoms with E-state index in [1.165, 1.54) is 26.2 Å². The van der Waals surface area contributed by atoms with E-state index in [2.05, 4.69) is 0 Å². The average Bonchev–Trinajstić information content (AvgIpc) is 2.43. The van der Waals surface area contributed by atoms with Crippen LogP contribution >= 0.6 is 0 Å². The van der Waals surface area contributed by atoms with Gasteiger partial charge in [0, 0.05) is 24.7 Å². The molecule has 0 amide bonds. The predicted molar refractivity (Wildman–Crippen MR) is 72.7 cm³/mol. The van der Waals surface area contributed by atoms with Gasteiger partial charge in [0.15, 0.2) is 0 Å². The maximum absolute atomic E-state index is 12.2. The summed E-state index contributed by atoms with van der Waals surface area (Å²) in [4.78, 5) is 1.43. The number of nitrogens with zero attached hydrogens (tertiary/aromatic N) is 1. The number of likely N-dealkylation sites (N-methyl/N-ethyl adjacent to an activating group) is 1. The number of aliphatic hydroxyl groups excluding tert-OH is 1. The summed E-state index contributed by atoms with van der Waals surface area (Å²) in [6.07, 6.45) is -6.04. The van der Waals surface area contributed by atoms with Gasteiger partial charge in [-0.25, -0.2) is 0 Å². The van der Waals surface area contributed by atoms with Crippen LogP contribution in [0.1, 0.15) is 18.1 Å². The van der Waals surface area contributed by atoms with Crippen molar-refractivity contribution in [2.24, 2.45) is 0 Å². The second kappa shape index (κ2) is 7.51. The van der Waals surface area contributed by atoms with Crippen molar-refractivity contribution in [1.82, 2.24) is 4.90 Å². The maximum Gasteiger partial charge on any atom is 0.390 e. The van der Waals surface area contributed by atoms with E-state index in [0.29, 0.717) is 17.1 Å². The third kappa shape index (κ3) is 5.81. The molecule has 0 saturated carbocycles. The Morgan fingerprint density at radius 2 is 1.90 bits per heavy atom. The largest absolute Gasteiger partial charge is 0.497 e. The van der Waals surface area contributed by atoms with Crippen LogP contribution in [0.2, 0.25) is 0 Å². The van der Waals surface area contributed by atoms with Gasteiger partial charge in [-0.1, -0.05) is 0 Å². The number of ether oxygens (including phenoxy) is 2. The van der Waals surface area contributed by atoms with Crippen molar-refractivity contribution in [1.29, 1.82) is 0 Å². The molecule has 0 bridgehead atoms. The van der Waals surface area contributed by atoms with Gasteiger partial charge in [0.1, 0.15) is 11.5 Å². The normalized spacial score (nSPS) is 13.3. The van der Waals surface area contributed by atoms with Crippen molar-refractivity contribution < 1.29 is 27.8 Å². The van der Waals surface area contributed by atoms with Crippen molar-refractivity contribution >= 4 is 0 Å². The summed E-state index contributed by atoms with van der Waals surface area (Å²) in [5, 5.41) is 10.2. The van der Waals surface area contributed by atoms with Gasteiger partial charge in [0.25, 0.3) is 0 Å². The molecule has 1 aromatic carbocycles. The molecule has 120 valence electrons. The standard InChI is InChI=1S/C14H20F3NO3/c1-18(7-6-14(15,16)17)9-12(19)11-5-4-10(20-2)8-13(11)21-3/h4-5,8,12,19H,6-7,9H2,1-3H3. The first-order valence-electron chi connectivity index (χ1n) is 6.42. The molecular formula is C14H20F3NO3. The summed E-state index contributed by atoms with van der Waals surface area (Å²) in [5.41, 5.74) is 0.511. The second-order valence-corrected chi connectivity index (χ2v) is 4.75. The Kier molecular flexibility index (Phi) is 6.29. The summed E-state index contributed by atoms with van der Waals surface area (Å²) >= 11 is 0. The number of rotatable bonds is 7. The van der Waals surface area contributed by atoms with Crippen LogP contribution in [0.3, 0.4) is 0 Å². The SMILES string of the molecule is COc1ccc(C(O)CN(C)CCC(F)(F)F)c(OC)c1. The fourth-order valence-electron chi connectivity index (χ4n) is 1.90. The van der Waals surface area contributed by atoms with Crippen LogP contribution in [0, 0.1) is 0 Å².